The normalized spacial score (nSPS) is 47.1. The van der Waals surface area contributed by atoms with Crippen LogP contribution in [0.1, 0.15) is 119 Å². The Kier molecular flexibility index (Phi) is 7.11. The highest BCUT2D eigenvalue weighted by Gasteiger charge is 2.72. The predicted octanol–water partition coefficient (Wildman–Crippen LogP) is 7.51. The number of hydrogen-bond acceptors (Lipinski definition) is 4. The molecule has 0 heterocycles. The minimum absolute atomic E-state index is 0.0749. The zero-order valence-electron chi connectivity index (χ0n) is 25.7. The monoisotopic (exact) mass is 556 g/mol. The highest BCUT2D eigenvalue weighted by Crippen LogP contribution is 2.77. The van der Waals surface area contributed by atoms with Crippen LogP contribution in [0.2, 0.25) is 0 Å². The van der Waals surface area contributed by atoms with Gasteiger partial charge in [-0.2, -0.15) is 0 Å². The summed E-state index contributed by atoms with van der Waals surface area (Å²) < 4.78 is 5.97. The lowest BCUT2D eigenvalue weighted by Crippen LogP contribution is -2.67. The van der Waals surface area contributed by atoms with E-state index in [1.54, 1.807) is 0 Å². The van der Waals surface area contributed by atoms with E-state index >= 15 is 0 Å². The summed E-state index contributed by atoms with van der Waals surface area (Å²) in [5, 5.41) is 19.6. The largest absolute Gasteiger partial charge is 0.481 e. The summed E-state index contributed by atoms with van der Waals surface area (Å²) in [6, 6.07) is 0. The average Bonchev–Trinajstić information content (AvgIpc) is 3.26. The van der Waals surface area contributed by atoms with E-state index in [2.05, 4.69) is 48.1 Å². The Labute approximate surface area is 240 Å². The smallest absolute Gasteiger partial charge is 0.309 e. The van der Waals surface area contributed by atoms with Gasteiger partial charge >= 0.3 is 17.9 Å². The lowest BCUT2D eigenvalue weighted by atomic mass is 9.32. The van der Waals surface area contributed by atoms with Crippen molar-refractivity contribution in [3.05, 3.63) is 12.2 Å². The number of carbonyl (C=O) groups excluding carboxylic acids is 1. The molecular formula is C34H52O6. The Balaban J connectivity index is 1.43. The third kappa shape index (κ3) is 3.96. The molecule has 0 aliphatic heterocycles. The summed E-state index contributed by atoms with van der Waals surface area (Å²) in [5.74, 6) is -0.0961. The maximum absolute atomic E-state index is 12.9. The van der Waals surface area contributed by atoms with Crippen molar-refractivity contribution in [2.24, 2.45) is 56.7 Å². The van der Waals surface area contributed by atoms with Crippen molar-refractivity contribution in [1.29, 1.82) is 0 Å². The van der Waals surface area contributed by atoms with Crippen LogP contribution in [-0.4, -0.2) is 34.2 Å². The van der Waals surface area contributed by atoms with E-state index in [-0.39, 0.29) is 46.5 Å². The van der Waals surface area contributed by atoms with Crippen molar-refractivity contribution in [2.45, 2.75) is 125 Å². The molecule has 0 saturated heterocycles. The SMILES string of the molecule is C=C(C)[C@@H]1CC[C@]2(C(=O)O)CC[C@]3(C)[C@H](CC[C@@H]4[C@@]5(C)CC[C@H](OC(=O)CCC(=O)O)C(C)(C)[C@H]5CC[C@]43C)[C@@H]12. The van der Waals surface area contributed by atoms with E-state index in [1.165, 1.54) is 5.57 Å². The molecule has 0 aromatic heterocycles. The lowest BCUT2D eigenvalue weighted by molar-refractivity contribution is -0.250. The van der Waals surface area contributed by atoms with Gasteiger partial charge in [0, 0.05) is 5.41 Å². The first-order valence-electron chi connectivity index (χ1n) is 15.8. The number of fused-ring (bicyclic) bond motifs is 7. The highest BCUT2D eigenvalue weighted by atomic mass is 16.5. The van der Waals surface area contributed by atoms with E-state index in [0.717, 1.165) is 64.2 Å². The Bertz CT molecular complexity index is 1090. The standard InChI is InChI=1S/C34H52O6/c1-20(2)21-12-17-34(29(38)39)19-18-32(6)22(28(21)34)8-9-24-31(5)15-14-25(40-27(37)11-10-26(35)36)30(3,4)23(31)13-16-33(24,32)7/h21-25,28H,1,8-19H2,2-7H3,(H,35,36)(H,38,39)/t21-,22+,23+,24+,25-,28+,31-,32+,33+,34-/m0/s1. The molecular weight excluding hydrogens is 504 g/mol. The Morgan fingerprint density at radius 3 is 2.12 bits per heavy atom. The number of esters is 1. The van der Waals surface area contributed by atoms with Gasteiger partial charge in [-0.3, -0.25) is 14.4 Å². The average molecular weight is 557 g/mol. The number of allylic oxidation sites excluding steroid dienone is 1. The quantitative estimate of drug-likeness (QED) is 0.259. The van der Waals surface area contributed by atoms with Gasteiger partial charge < -0.3 is 14.9 Å². The molecule has 0 amide bonds. The number of ether oxygens (including phenoxy) is 1. The molecule has 0 aromatic carbocycles. The minimum atomic E-state index is -0.974. The van der Waals surface area contributed by atoms with Crippen LogP contribution in [-0.2, 0) is 19.1 Å². The fourth-order valence-electron chi connectivity index (χ4n) is 12.1. The second kappa shape index (κ2) is 9.59. The molecule has 0 bridgehead atoms. The Morgan fingerprint density at radius 1 is 0.800 bits per heavy atom. The molecule has 6 nitrogen and oxygen atoms in total. The molecule has 2 N–H and O–H groups in total. The molecule has 0 spiro atoms. The Morgan fingerprint density at radius 2 is 1.50 bits per heavy atom. The van der Waals surface area contributed by atoms with Gasteiger partial charge in [-0.1, -0.05) is 46.8 Å². The molecule has 6 heteroatoms. The molecule has 0 radical (unpaired) electrons. The summed E-state index contributed by atoms with van der Waals surface area (Å²) in [6.45, 7) is 18.6. The summed E-state index contributed by atoms with van der Waals surface area (Å²) in [4.78, 5) is 36.4. The van der Waals surface area contributed by atoms with Crippen molar-refractivity contribution in [1.82, 2.24) is 0 Å². The topological polar surface area (TPSA) is 101 Å². The predicted molar refractivity (Wildman–Crippen MR) is 153 cm³/mol. The van der Waals surface area contributed by atoms with Gasteiger partial charge in [-0.05, 0) is 117 Å². The van der Waals surface area contributed by atoms with Crippen LogP contribution in [0.25, 0.3) is 0 Å². The van der Waals surface area contributed by atoms with Crippen LogP contribution >= 0.6 is 0 Å². The van der Waals surface area contributed by atoms with Crippen molar-refractivity contribution >= 4 is 17.9 Å². The number of carboxylic acids is 2. The molecule has 10 atom stereocenters. The van der Waals surface area contributed by atoms with E-state index < -0.39 is 23.3 Å². The second-order valence-electron chi connectivity index (χ2n) is 15.9. The van der Waals surface area contributed by atoms with Gasteiger partial charge in [0.05, 0.1) is 18.3 Å². The number of hydrogen-bond donors (Lipinski definition) is 2. The van der Waals surface area contributed by atoms with E-state index in [9.17, 15) is 19.5 Å². The molecule has 224 valence electrons. The molecule has 0 unspecified atom stereocenters. The highest BCUT2D eigenvalue weighted by molar-refractivity contribution is 5.77. The Hall–Kier alpha value is -1.85. The van der Waals surface area contributed by atoms with Crippen molar-refractivity contribution in [3.63, 3.8) is 0 Å². The van der Waals surface area contributed by atoms with Gasteiger partial charge in [0.1, 0.15) is 6.10 Å². The van der Waals surface area contributed by atoms with Crippen LogP contribution in [0.4, 0.5) is 0 Å². The maximum Gasteiger partial charge on any atom is 0.309 e. The maximum atomic E-state index is 12.9. The van der Waals surface area contributed by atoms with E-state index in [1.807, 2.05) is 0 Å². The summed E-state index contributed by atoms with van der Waals surface area (Å²) in [5.41, 5.74) is 0.734. The first kappa shape index (κ1) is 29.6. The number of rotatable bonds is 6. The zero-order valence-corrected chi connectivity index (χ0v) is 25.7. The van der Waals surface area contributed by atoms with E-state index in [4.69, 9.17) is 9.84 Å². The zero-order chi connectivity index (χ0) is 29.5. The van der Waals surface area contributed by atoms with Gasteiger partial charge in [0.2, 0.25) is 0 Å². The molecule has 5 rings (SSSR count). The number of carbonyl (C=O) groups is 3. The van der Waals surface area contributed by atoms with Crippen LogP contribution in [0.15, 0.2) is 12.2 Å². The van der Waals surface area contributed by atoms with Gasteiger partial charge in [0.15, 0.2) is 0 Å². The van der Waals surface area contributed by atoms with Crippen molar-refractivity contribution in [3.8, 4) is 0 Å². The van der Waals surface area contributed by atoms with Crippen molar-refractivity contribution in [2.75, 3.05) is 0 Å². The molecule has 40 heavy (non-hydrogen) atoms. The van der Waals surface area contributed by atoms with Gasteiger partial charge in [-0.15, -0.1) is 0 Å². The summed E-state index contributed by atoms with van der Waals surface area (Å²) in [6.07, 6.45) is 9.33. The second-order valence-corrected chi connectivity index (χ2v) is 15.9. The summed E-state index contributed by atoms with van der Waals surface area (Å²) >= 11 is 0. The fourth-order valence-corrected chi connectivity index (χ4v) is 12.1. The summed E-state index contributed by atoms with van der Waals surface area (Å²) in [7, 11) is 0. The van der Waals surface area contributed by atoms with Crippen LogP contribution in [0, 0.1) is 56.7 Å². The molecule has 5 aliphatic carbocycles. The first-order chi connectivity index (χ1) is 18.5. The van der Waals surface area contributed by atoms with Gasteiger partial charge in [0.25, 0.3) is 0 Å². The molecule has 5 saturated carbocycles. The number of aliphatic carboxylic acids is 2. The van der Waals surface area contributed by atoms with Crippen LogP contribution in [0.3, 0.4) is 0 Å². The van der Waals surface area contributed by atoms with Gasteiger partial charge in [-0.25, -0.2) is 0 Å². The molecule has 5 fully saturated rings. The number of carboxylic acid groups (broad SMARTS) is 2. The lowest BCUT2D eigenvalue weighted by Gasteiger charge is -2.72. The third-order valence-electron chi connectivity index (χ3n) is 14.2. The third-order valence-corrected chi connectivity index (χ3v) is 14.2. The van der Waals surface area contributed by atoms with Crippen LogP contribution in [0.5, 0.6) is 0 Å². The van der Waals surface area contributed by atoms with Crippen molar-refractivity contribution < 1.29 is 29.3 Å². The fraction of sp³-hybridized carbons (Fsp3) is 0.853. The van der Waals surface area contributed by atoms with Crippen LogP contribution < -0.4 is 0 Å². The first-order valence-corrected chi connectivity index (χ1v) is 15.8. The van der Waals surface area contributed by atoms with E-state index in [0.29, 0.717) is 23.7 Å². The molecule has 5 aliphatic rings. The molecule has 0 aromatic rings. The minimum Gasteiger partial charge on any atom is -0.481 e.